The zero-order valence-corrected chi connectivity index (χ0v) is 65.3. The number of Topliss-reactive ketones (excluding diaryl/α,β-unsaturated/α-hetero) is 1. The average molecular weight is 1580 g/mol. The fourth-order valence-electron chi connectivity index (χ4n) is 15.1. The van der Waals surface area contributed by atoms with E-state index in [1.54, 1.807) is 18.9 Å². The highest BCUT2D eigenvalue weighted by atomic mass is 33.1. The van der Waals surface area contributed by atoms with Gasteiger partial charge in [0.2, 0.25) is 23.1 Å². The molecular formula is C71H95N9O22P3S2+. The summed E-state index contributed by atoms with van der Waals surface area (Å²) in [6, 6.07) is 12.2. The third-order valence-electron chi connectivity index (χ3n) is 20.0. The molecule has 1 saturated heterocycles. The van der Waals surface area contributed by atoms with E-state index >= 15 is 4.79 Å². The number of carbonyl (C=O) groups is 7. The molecule has 582 valence electrons. The third kappa shape index (κ3) is 20.7. The van der Waals surface area contributed by atoms with Gasteiger partial charge in [-0.25, -0.2) is 23.1 Å². The standard InChI is InChI=1S/C71H94N9O22P3S2/c1-9-42(68(89)90)33-55(81)53(36-61(85)86)75-66(87)52(23-17-30-106-107-31-25-58(83)73-26-13-18-44-39-79(69(91)76-65(44)72)60-37-56(82)57(100-60)40-99-104(95,96)102-105(97,98)101-103(92,93)94)74-59(84)24-16-27-77(8)67(88)46-21-12-11-20-45(46)62-49-34-48-41(3)38-70(4,5)80(10-2)54(48)35-51(49)71(6,7)63-47-22-15-29-78-28-14-19-43(64(47)78)32-50(62)63/h11-12,20-21,32,34-35,39,41-42,52-53,56-57,60,82H,9-10,14-17,19,22-31,33,36-38,40H2,1-8H3,(H10-,72,73,74,75,76,83,84,85,86,87,89,90,91,92,93,94,95,96,97,98)/p+1/t41?,42?,52?,53?,56?,57-,60-/m1/s1. The van der Waals surface area contributed by atoms with Crippen molar-refractivity contribution in [2.75, 3.05) is 68.5 Å². The summed E-state index contributed by atoms with van der Waals surface area (Å²) in [6.45, 7) is 17.3. The topological polar surface area (TPSA) is 456 Å². The van der Waals surface area contributed by atoms with Crippen LogP contribution in [0.1, 0.15) is 193 Å². The Labute approximate surface area is 627 Å². The van der Waals surface area contributed by atoms with Crippen LogP contribution in [0.15, 0.2) is 53.5 Å². The van der Waals surface area contributed by atoms with Crippen LogP contribution in [0.4, 0.5) is 11.5 Å². The molecule has 9 atom stereocenters. The van der Waals surface area contributed by atoms with E-state index in [1.807, 2.05) is 18.2 Å². The number of ketones is 1. The molecule has 9 rings (SSSR count). The number of nitrogens with zero attached hydrogens (tertiary/aromatic N) is 5. The maximum Gasteiger partial charge on any atom is 0.490 e. The molecular weight excluding hydrogens is 1490 g/mol. The molecule has 5 aliphatic rings. The van der Waals surface area contributed by atoms with Gasteiger partial charge in [0.15, 0.2) is 5.78 Å². The van der Waals surface area contributed by atoms with Gasteiger partial charge in [-0.05, 0) is 135 Å². The van der Waals surface area contributed by atoms with Crippen LogP contribution in [0.25, 0.3) is 5.57 Å². The van der Waals surface area contributed by atoms with Crippen LogP contribution in [-0.4, -0.2) is 178 Å². The summed E-state index contributed by atoms with van der Waals surface area (Å²) >= 11 is 0. The quantitative estimate of drug-likeness (QED) is 0.00930. The minimum absolute atomic E-state index is 0.00144. The van der Waals surface area contributed by atoms with E-state index in [2.05, 4.69) is 121 Å². The second-order valence-corrected chi connectivity index (χ2v) is 35.7. The number of rotatable bonds is 34. The van der Waals surface area contributed by atoms with Crippen LogP contribution in [0, 0.1) is 17.8 Å². The normalized spacial score (nSPS) is 20.2. The molecule has 0 radical (unpaired) electrons. The van der Waals surface area contributed by atoms with Gasteiger partial charge >= 0.3 is 41.1 Å². The van der Waals surface area contributed by atoms with Crippen molar-refractivity contribution in [3.8, 4) is 11.8 Å². The van der Waals surface area contributed by atoms with Crippen molar-refractivity contribution in [2.45, 2.75) is 186 Å². The maximum absolute atomic E-state index is 15.1. The van der Waals surface area contributed by atoms with Gasteiger partial charge in [0.1, 0.15) is 37.3 Å². The van der Waals surface area contributed by atoms with Gasteiger partial charge in [0.25, 0.3) is 5.91 Å². The van der Waals surface area contributed by atoms with Crippen molar-refractivity contribution in [1.29, 1.82) is 0 Å². The molecule has 12 N–H and O–H groups in total. The van der Waals surface area contributed by atoms with E-state index < -0.39 is 120 Å². The Morgan fingerprint density at radius 3 is 2.29 bits per heavy atom. The highest BCUT2D eigenvalue weighted by Crippen LogP contribution is 2.66. The molecule has 4 aromatic rings. The van der Waals surface area contributed by atoms with E-state index in [9.17, 15) is 72.4 Å². The van der Waals surface area contributed by atoms with Gasteiger partial charge in [-0.2, -0.15) is 13.6 Å². The fourth-order valence-corrected chi connectivity index (χ4v) is 20.3. The monoisotopic (exact) mass is 1580 g/mol. The molecule has 0 saturated carbocycles. The highest BCUT2D eigenvalue weighted by Gasteiger charge is 2.46. The zero-order chi connectivity index (χ0) is 78.3. The van der Waals surface area contributed by atoms with Crippen molar-refractivity contribution in [3.05, 3.63) is 120 Å². The van der Waals surface area contributed by atoms with Crippen molar-refractivity contribution >= 4 is 103 Å². The van der Waals surface area contributed by atoms with E-state index in [-0.39, 0.29) is 85.8 Å². The molecule has 107 heavy (non-hydrogen) atoms. The fraction of sp³-hybridized carbons (Fsp3) is 0.549. The number of carboxylic acid groups (broad SMARTS) is 2. The Balaban J connectivity index is 0.824. The zero-order valence-electron chi connectivity index (χ0n) is 60.9. The van der Waals surface area contributed by atoms with Crippen molar-refractivity contribution in [3.63, 3.8) is 0 Å². The first kappa shape index (κ1) is 83.9. The molecule has 0 spiro atoms. The summed E-state index contributed by atoms with van der Waals surface area (Å²) < 4.78 is 55.8. The Bertz CT molecular complexity index is 4540. The molecule has 5 heterocycles. The lowest BCUT2D eigenvalue weighted by Gasteiger charge is -2.48. The Kier molecular flexibility index (Phi) is 27.7. The molecule has 31 nitrogen and oxygen atoms in total. The molecule has 3 aromatic carbocycles. The predicted molar refractivity (Wildman–Crippen MR) is 399 cm³/mol. The number of nitrogen functional groups attached to an aromatic ring is 1. The van der Waals surface area contributed by atoms with E-state index in [4.69, 9.17) is 20.3 Å². The second kappa shape index (κ2) is 35.3. The highest BCUT2D eigenvalue weighted by molar-refractivity contribution is 8.76. The lowest BCUT2D eigenvalue weighted by atomic mass is 9.64. The number of amides is 4. The van der Waals surface area contributed by atoms with E-state index in [0.29, 0.717) is 23.5 Å². The number of nitrogens with one attached hydrogen (secondary N) is 3. The number of fused-ring (bicyclic) bond motifs is 4. The number of aryl methyl sites for hydroxylation is 1. The van der Waals surface area contributed by atoms with Crippen LogP contribution in [0.5, 0.6) is 0 Å². The van der Waals surface area contributed by atoms with Crippen LogP contribution in [0.3, 0.4) is 0 Å². The van der Waals surface area contributed by atoms with Gasteiger partial charge < -0.3 is 71.1 Å². The molecule has 1 aromatic heterocycles. The summed E-state index contributed by atoms with van der Waals surface area (Å²) in [4.78, 5) is 151. The lowest BCUT2D eigenvalue weighted by molar-refractivity contribution is -0.144. The summed E-state index contributed by atoms with van der Waals surface area (Å²) in [5.41, 5.74) is 15.8. The molecule has 7 unspecified atom stereocenters. The summed E-state index contributed by atoms with van der Waals surface area (Å²) in [5, 5.41) is 40.5. The minimum Gasteiger partial charge on any atom is -0.481 e. The second-order valence-electron chi connectivity index (χ2n) is 28.5. The smallest absolute Gasteiger partial charge is 0.481 e. The molecule has 1 aliphatic carbocycles. The van der Waals surface area contributed by atoms with E-state index in [1.165, 1.54) is 60.4 Å². The Hall–Kier alpha value is -7.11. The number of hydrogen-bond acceptors (Lipinski definition) is 21. The molecule has 1 fully saturated rings. The van der Waals surface area contributed by atoms with Crippen LogP contribution < -0.4 is 47.4 Å². The SMILES string of the molecule is CCC(CC(=O)C(CC(=O)O)NC(=O)C(CCCSSCCC(=O)NCC#Cc1cn([C@H]2CC(O)[C@@H](COP(=O)(O)OP(=O)(O)OP(=O)(O)O)O2)c(=O)nc1N)NC(=O)CCCN(C)C(=O)c1ccccc1C1=c2cc3c4c(c2C(C)(C)c2cc5c(cc21)C(C)CC(C)(C)N5CC)CCC[N+]=4CCC3)C(=O)O. The number of aliphatic hydroxyl groups excluding tert-OH is 1. The first-order valence-electron chi connectivity index (χ1n) is 35.5. The number of aliphatic carboxylic acids is 2. The van der Waals surface area contributed by atoms with Crippen molar-refractivity contribution in [2.24, 2.45) is 5.92 Å². The number of benzene rings is 3. The summed E-state index contributed by atoms with van der Waals surface area (Å²) in [5.74, 6) is -0.592. The number of anilines is 2. The van der Waals surface area contributed by atoms with Crippen LogP contribution in [-0.2, 0) is 78.6 Å². The molecule has 4 aliphatic heterocycles. The molecule has 0 bridgehead atoms. The van der Waals surface area contributed by atoms with Gasteiger partial charge in [0, 0.05) is 110 Å². The summed E-state index contributed by atoms with van der Waals surface area (Å²) in [6.07, 6.45) is 0.733. The predicted octanol–water partition coefficient (Wildman–Crippen LogP) is 5.29. The number of aliphatic hydroxyl groups is 1. The summed E-state index contributed by atoms with van der Waals surface area (Å²) in [7, 11) is -12.6. The average Bonchev–Trinajstić information content (AvgIpc) is 1.10. The van der Waals surface area contributed by atoms with Gasteiger partial charge in [-0.3, -0.25) is 42.7 Å². The lowest BCUT2D eigenvalue weighted by Crippen LogP contribution is -2.52. The van der Waals surface area contributed by atoms with Crippen LogP contribution >= 0.6 is 45.1 Å². The number of carbonyl (C=O) groups excluding carboxylic acids is 5. The minimum atomic E-state index is -5.83. The number of hydrogen-bond donors (Lipinski definition) is 11. The number of phosphoric ester groups is 1. The molecule has 36 heteroatoms. The third-order valence-corrected chi connectivity index (χ3v) is 26.3. The number of aromatic nitrogens is 2. The number of phosphoric acid groups is 3. The van der Waals surface area contributed by atoms with Crippen molar-refractivity contribution in [1.82, 2.24) is 35.0 Å². The van der Waals surface area contributed by atoms with Crippen LogP contribution in [0.2, 0.25) is 0 Å². The maximum atomic E-state index is 15.1. The van der Waals surface area contributed by atoms with E-state index in [0.717, 1.165) is 84.4 Å². The molecule has 4 amide bonds. The number of ether oxygens (including phenoxy) is 1. The Morgan fingerprint density at radius 1 is 0.888 bits per heavy atom. The number of nitrogens with two attached hydrogens (primary N) is 1. The first-order valence-corrected chi connectivity index (χ1v) is 42.5. The van der Waals surface area contributed by atoms with Crippen molar-refractivity contribution < 1.29 is 100 Å². The number of carboxylic acids is 2. The largest absolute Gasteiger partial charge is 0.490 e. The van der Waals surface area contributed by atoms with Gasteiger partial charge in [-0.1, -0.05) is 79.3 Å². The van der Waals surface area contributed by atoms with Gasteiger partial charge in [-0.15, -0.1) is 0 Å². The van der Waals surface area contributed by atoms with Gasteiger partial charge in [0.05, 0.1) is 43.2 Å². The Morgan fingerprint density at radius 2 is 1.60 bits per heavy atom. The first-order chi connectivity index (χ1) is 50.3.